The van der Waals surface area contributed by atoms with Gasteiger partial charge in [0.2, 0.25) is 0 Å². The molecule has 1 aromatic heterocycles. The summed E-state index contributed by atoms with van der Waals surface area (Å²) in [6.45, 7) is 1.63. The van der Waals surface area contributed by atoms with Crippen molar-refractivity contribution < 1.29 is 4.79 Å². The van der Waals surface area contributed by atoms with E-state index in [1.54, 1.807) is 6.07 Å². The zero-order chi connectivity index (χ0) is 17.2. The Morgan fingerprint density at radius 1 is 0.960 bits per heavy atom. The van der Waals surface area contributed by atoms with E-state index in [9.17, 15) is 9.59 Å². The second kappa shape index (κ2) is 6.82. The average Bonchev–Trinajstić information content (AvgIpc) is 2.68. The van der Waals surface area contributed by atoms with Gasteiger partial charge in [0.15, 0.2) is 0 Å². The summed E-state index contributed by atoms with van der Waals surface area (Å²) in [6.07, 6.45) is 6.24. The van der Waals surface area contributed by atoms with Crippen LogP contribution in [0.1, 0.15) is 42.6 Å². The Morgan fingerprint density at radius 3 is 2.52 bits per heavy atom. The summed E-state index contributed by atoms with van der Waals surface area (Å²) >= 11 is 0. The molecule has 2 aliphatic rings. The van der Waals surface area contributed by atoms with Gasteiger partial charge in [-0.25, -0.2) is 0 Å². The van der Waals surface area contributed by atoms with E-state index in [-0.39, 0.29) is 11.5 Å². The second-order valence-corrected chi connectivity index (χ2v) is 7.15. The third-order valence-corrected chi connectivity index (χ3v) is 5.60. The van der Waals surface area contributed by atoms with Gasteiger partial charge < -0.3 is 4.90 Å². The van der Waals surface area contributed by atoms with Gasteiger partial charge in [0.25, 0.3) is 11.5 Å². The highest BCUT2D eigenvalue weighted by molar-refractivity contribution is 5.92. The van der Waals surface area contributed by atoms with Gasteiger partial charge in [-0.3, -0.25) is 9.59 Å². The largest absolute Gasteiger partial charge is 0.337 e. The van der Waals surface area contributed by atoms with E-state index in [0.29, 0.717) is 17.3 Å². The van der Waals surface area contributed by atoms with Crippen molar-refractivity contribution in [1.29, 1.82) is 0 Å². The number of carbonyl (C=O) groups is 1. The first-order valence-corrected chi connectivity index (χ1v) is 9.17. The molecule has 4 rings (SSSR count). The van der Waals surface area contributed by atoms with Crippen LogP contribution in [0.4, 0.5) is 0 Å². The van der Waals surface area contributed by atoms with Gasteiger partial charge in [0.1, 0.15) is 5.69 Å². The Bertz CT molecular complexity index is 815. The minimum atomic E-state index is -0.228. The van der Waals surface area contributed by atoms with Gasteiger partial charge in [-0.05, 0) is 42.9 Å². The molecule has 130 valence electrons. The zero-order valence-corrected chi connectivity index (χ0v) is 14.3. The quantitative estimate of drug-likeness (QED) is 0.847. The van der Waals surface area contributed by atoms with Crippen LogP contribution < -0.4 is 5.56 Å². The summed E-state index contributed by atoms with van der Waals surface area (Å²) in [5.74, 6) is 1.35. The molecule has 0 unspecified atom stereocenters. The van der Waals surface area contributed by atoms with Crippen molar-refractivity contribution in [2.45, 2.75) is 32.1 Å². The van der Waals surface area contributed by atoms with E-state index in [1.165, 1.54) is 36.4 Å². The molecule has 2 atom stereocenters. The molecule has 2 fully saturated rings. The zero-order valence-electron chi connectivity index (χ0n) is 14.3. The fraction of sp³-hybridized carbons (Fsp3) is 0.450. The number of benzene rings is 1. The summed E-state index contributed by atoms with van der Waals surface area (Å²) in [4.78, 5) is 27.0. The second-order valence-electron chi connectivity index (χ2n) is 7.15. The van der Waals surface area contributed by atoms with Gasteiger partial charge in [-0.15, -0.1) is 0 Å². The topological polar surface area (TPSA) is 55.2 Å². The first-order valence-electron chi connectivity index (χ1n) is 9.17. The Labute approximate surface area is 147 Å². The van der Waals surface area contributed by atoms with E-state index < -0.39 is 0 Å². The van der Waals surface area contributed by atoms with Crippen molar-refractivity contribution in [2.75, 3.05) is 13.1 Å². The summed E-state index contributed by atoms with van der Waals surface area (Å²) in [5, 5.41) is 4.33. The smallest absolute Gasteiger partial charge is 0.274 e. The standard InChI is InChI=1S/C20H23N3O2/c24-19-11-10-18(21-23(19)17-8-2-1-3-9-17)20(25)22-13-12-15-6-4-5-7-16(15)14-22/h1-3,8-11,15-16H,4-7,12-14H2/t15-,16-/m0/s1. The molecule has 1 aromatic carbocycles. The molecule has 5 nitrogen and oxygen atoms in total. The number of piperidine rings is 1. The van der Waals surface area contributed by atoms with Crippen molar-refractivity contribution in [3.63, 3.8) is 0 Å². The third-order valence-electron chi connectivity index (χ3n) is 5.60. The maximum absolute atomic E-state index is 12.9. The third kappa shape index (κ3) is 3.23. The first-order chi connectivity index (χ1) is 12.2. The summed E-state index contributed by atoms with van der Waals surface area (Å²) in [6, 6.07) is 12.2. The van der Waals surface area contributed by atoms with Crippen LogP contribution in [0.3, 0.4) is 0 Å². The summed E-state index contributed by atoms with van der Waals surface area (Å²) in [5.41, 5.74) is 0.791. The molecule has 2 heterocycles. The lowest BCUT2D eigenvalue weighted by Crippen LogP contribution is -2.45. The minimum Gasteiger partial charge on any atom is -0.337 e. The number of fused-ring (bicyclic) bond motifs is 1. The Hall–Kier alpha value is -2.43. The van der Waals surface area contributed by atoms with E-state index in [0.717, 1.165) is 25.4 Å². The molecule has 25 heavy (non-hydrogen) atoms. The van der Waals surface area contributed by atoms with Crippen LogP contribution in [0, 0.1) is 11.8 Å². The highest BCUT2D eigenvalue weighted by Crippen LogP contribution is 2.36. The van der Waals surface area contributed by atoms with Crippen molar-refractivity contribution in [1.82, 2.24) is 14.7 Å². The first kappa shape index (κ1) is 16.1. The fourth-order valence-corrected chi connectivity index (χ4v) is 4.23. The van der Waals surface area contributed by atoms with Gasteiger partial charge in [0, 0.05) is 19.2 Å². The summed E-state index contributed by atoms with van der Waals surface area (Å²) in [7, 11) is 0. The predicted octanol–water partition coefficient (Wildman–Crippen LogP) is 2.88. The van der Waals surface area contributed by atoms with E-state index >= 15 is 0 Å². The lowest BCUT2D eigenvalue weighted by Gasteiger charge is -2.41. The van der Waals surface area contributed by atoms with Crippen LogP contribution >= 0.6 is 0 Å². The fourth-order valence-electron chi connectivity index (χ4n) is 4.23. The molecular weight excluding hydrogens is 314 g/mol. The van der Waals surface area contributed by atoms with Crippen LogP contribution in [-0.4, -0.2) is 33.7 Å². The van der Waals surface area contributed by atoms with Crippen LogP contribution in [0.2, 0.25) is 0 Å². The average molecular weight is 337 g/mol. The lowest BCUT2D eigenvalue weighted by atomic mass is 9.75. The lowest BCUT2D eigenvalue weighted by molar-refractivity contribution is 0.0513. The van der Waals surface area contributed by atoms with Gasteiger partial charge >= 0.3 is 0 Å². The molecule has 0 N–H and O–H groups in total. The highest BCUT2D eigenvalue weighted by atomic mass is 16.2. The maximum Gasteiger partial charge on any atom is 0.274 e. The van der Waals surface area contributed by atoms with Gasteiger partial charge in [-0.2, -0.15) is 9.78 Å². The number of hydrogen-bond donors (Lipinski definition) is 0. The number of carbonyl (C=O) groups excluding carboxylic acids is 1. The molecule has 0 radical (unpaired) electrons. The molecule has 1 saturated carbocycles. The Morgan fingerprint density at radius 2 is 1.72 bits per heavy atom. The normalized spacial score (nSPS) is 23.1. The number of likely N-dealkylation sites (tertiary alicyclic amines) is 1. The molecule has 1 aliphatic carbocycles. The molecule has 1 amide bonds. The number of nitrogens with zero attached hydrogens (tertiary/aromatic N) is 3. The molecule has 1 saturated heterocycles. The Balaban J connectivity index is 1.57. The SMILES string of the molecule is O=C(c1ccc(=O)n(-c2ccccc2)n1)N1CC[C@@H]2CCCC[C@H]2C1. The van der Waals surface area contributed by atoms with Crippen molar-refractivity contribution in [2.24, 2.45) is 11.8 Å². The minimum absolute atomic E-state index is 0.0614. The van der Waals surface area contributed by atoms with Gasteiger partial charge in [0.05, 0.1) is 5.69 Å². The van der Waals surface area contributed by atoms with Crippen molar-refractivity contribution in [3.8, 4) is 5.69 Å². The van der Waals surface area contributed by atoms with Gasteiger partial charge in [-0.1, -0.05) is 37.5 Å². The summed E-state index contributed by atoms with van der Waals surface area (Å²) < 4.78 is 1.31. The Kier molecular flexibility index (Phi) is 4.38. The van der Waals surface area contributed by atoms with Crippen LogP contribution in [-0.2, 0) is 0 Å². The van der Waals surface area contributed by atoms with Crippen LogP contribution in [0.5, 0.6) is 0 Å². The van der Waals surface area contributed by atoms with Crippen molar-refractivity contribution in [3.05, 3.63) is 58.5 Å². The van der Waals surface area contributed by atoms with Crippen molar-refractivity contribution >= 4 is 5.91 Å². The number of hydrogen-bond acceptors (Lipinski definition) is 3. The molecular formula is C20H23N3O2. The van der Waals surface area contributed by atoms with Crippen LogP contribution in [0.15, 0.2) is 47.3 Å². The number of amides is 1. The molecule has 0 bridgehead atoms. The molecule has 2 aromatic rings. The highest BCUT2D eigenvalue weighted by Gasteiger charge is 2.33. The number of para-hydroxylation sites is 1. The van der Waals surface area contributed by atoms with E-state index in [1.807, 2.05) is 35.2 Å². The molecule has 1 aliphatic heterocycles. The predicted molar refractivity (Wildman–Crippen MR) is 95.8 cm³/mol. The van der Waals surface area contributed by atoms with Crippen LogP contribution in [0.25, 0.3) is 5.69 Å². The maximum atomic E-state index is 12.9. The van der Waals surface area contributed by atoms with E-state index in [4.69, 9.17) is 0 Å². The molecule has 5 heteroatoms. The monoisotopic (exact) mass is 337 g/mol. The van der Waals surface area contributed by atoms with E-state index in [2.05, 4.69) is 5.10 Å². The number of rotatable bonds is 2. The number of aromatic nitrogens is 2. The molecule has 0 spiro atoms.